The molecule has 370 valence electrons. The molecule has 9 atom stereocenters. The summed E-state index contributed by atoms with van der Waals surface area (Å²) in [5.74, 6) is 5.64. The van der Waals surface area contributed by atoms with Crippen molar-refractivity contribution >= 4 is 11.8 Å². The first-order chi connectivity index (χ1) is 30.6. The monoisotopic (exact) mass is 894 g/mol. The standard InChI is InChI=1S/C43H79N5O3.C6H6.C4H10.C3H8/c1-7-39(41(50)48(28-12-24-45)27-9-8-25-46-26-11-23-44)47-40(49)30-51-34-19-21-42(5)33(29-34)15-16-35-37-18-17-36(32(4)14-10-13-31(2)3)43(37,6)22-20-38(35)42;1-2-4-6-5-3-1;1-4(2)3;1-3-2/h15,31-32,34-39,46H,7-14,16-30,44-45H2,1-6H3,(H,47,49);1-6H;4H,1-3H3;3H2,1-2H3. The Morgan fingerprint density at radius 3 is 1.98 bits per heavy atom. The quantitative estimate of drug-likeness (QED) is 0.0679. The van der Waals surface area contributed by atoms with Crippen LogP contribution in [0.15, 0.2) is 48.0 Å². The van der Waals surface area contributed by atoms with Crippen molar-refractivity contribution in [2.24, 2.45) is 63.7 Å². The summed E-state index contributed by atoms with van der Waals surface area (Å²) in [6.07, 6.45) is 22.2. The molecule has 9 unspecified atom stereocenters. The van der Waals surface area contributed by atoms with E-state index in [1.165, 1.54) is 57.8 Å². The number of benzene rings is 1. The first-order valence-electron chi connectivity index (χ1n) is 26.6. The van der Waals surface area contributed by atoms with Gasteiger partial charge in [0.15, 0.2) is 0 Å². The van der Waals surface area contributed by atoms with E-state index in [9.17, 15) is 9.59 Å². The van der Waals surface area contributed by atoms with Crippen LogP contribution in [0.4, 0.5) is 0 Å². The Morgan fingerprint density at radius 1 is 0.781 bits per heavy atom. The summed E-state index contributed by atoms with van der Waals surface area (Å²) in [5.41, 5.74) is 13.7. The van der Waals surface area contributed by atoms with Gasteiger partial charge in [0.1, 0.15) is 12.6 Å². The first-order valence-corrected chi connectivity index (χ1v) is 26.6. The van der Waals surface area contributed by atoms with E-state index in [-0.39, 0.29) is 29.9 Å². The van der Waals surface area contributed by atoms with Gasteiger partial charge in [-0.15, -0.1) is 0 Å². The van der Waals surface area contributed by atoms with Crippen LogP contribution in [0.3, 0.4) is 0 Å². The second-order valence-electron chi connectivity index (χ2n) is 21.7. The predicted molar refractivity (Wildman–Crippen MR) is 274 cm³/mol. The molecule has 0 aliphatic heterocycles. The molecular formula is C56H103N5O3. The van der Waals surface area contributed by atoms with E-state index in [0.717, 1.165) is 99.5 Å². The second kappa shape index (κ2) is 31.7. The van der Waals surface area contributed by atoms with Crippen LogP contribution in [0, 0.1) is 52.3 Å². The highest BCUT2D eigenvalue weighted by molar-refractivity contribution is 5.88. The maximum atomic E-state index is 13.5. The summed E-state index contributed by atoms with van der Waals surface area (Å²) < 4.78 is 6.31. The summed E-state index contributed by atoms with van der Waals surface area (Å²) >= 11 is 0. The SMILES string of the molecule is CC(C)C.CCC.CCC(NC(=O)COC1CCC2(C)C(=CCC3C2CCC2(C)C(C(C)CCCC(C)C)CCC32)C1)C(=O)N(CCCN)CCCCNCCCN.c1ccccc1. The maximum Gasteiger partial charge on any atom is 0.246 e. The molecule has 0 radical (unpaired) electrons. The minimum atomic E-state index is -0.538. The molecule has 0 saturated heterocycles. The van der Waals surface area contributed by atoms with Crippen LogP contribution in [0.1, 0.15) is 185 Å². The third-order valence-electron chi connectivity index (χ3n) is 15.0. The van der Waals surface area contributed by atoms with E-state index >= 15 is 0 Å². The highest BCUT2D eigenvalue weighted by atomic mass is 16.5. The van der Waals surface area contributed by atoms with Crippen molar-refractivity contribution in [1.82, 2.24) is 15.5 Å². The van der Waals surface area contributed by atoms with E-state index < -0.39 is 6.04 Å². The van der Waals surface area contributed by atoms with Crippen LogP contribution < -0.4 is 22.1 Å². The van der Waals surface area contributed by atoms with Crippen molar-refractivity contribution < 1.29 is 14.3 Å². The summed E-state index contributed by atoms with van der Waals surface area (Å²) in [5, 5.41) is 6.42. The van der Waals surface area contributed by atoms with Crippen molar-refractivity contribution in [3.63, 3.8) is 0 Å². The first kappa shape index (κ1) is 57.9. The molecule has 8 heteroatoms. The molecule has 3 saturated carbocycles. The van der Waals surface area contributed by atoms with Crippen molar-refractivity contribution in [2.75, 3.05) is 45.9 Å². The number of carbonyl (C=O) groups is 2. The zero-order chi connectivity index (χ0) is 47.5. The fourth-order valence-electron chi connectivity index (χ4n) is 11.7. The van der Waals surface area contributed by atoms with Gasteiger partial charge in [0.05, 0.1) is 6.10 Å². The predicted octanol–water partition coefficient (Wildman–Crippen LogP) is 12.0. The lowest BCUT2D eigenvalue weighted by atomic mass is 9.47. The Morgan fingerprint density at radius 2 is 1.39 bits per heavy atom. The van der Waals surface area contributed by atoms with Gasteiger partial charge in [0.25, 0.3) is 0 Å². The van der Waals surface area contributed by atoms with E-state index in [4.69, 9.17) is 16.2 Å². The molecule has 3 fully saturated rings. The molecule has 2 amide bonds. The van der Waals surface area contributed by atoms with E-state index in [1.54, 1.807) is 5.57 Å². The summed E-state index contributed by atoms with van der Waals surface area (Å²) in [6, 6.07) is 11.5. The van der Waals surface area contributed by atoms with Crippen LogP contribution in [-0.4, -0.2) is 74.7 Å². The third kappa shape index (κ3) is 19.2. The van der Waals surface area contributed by atoms with Gasteiger partial charge >= 0.3 is 0 Å². The molecule has 1 aromatic rings. The second-order valence-corrected chi connectivity index (χ2v) is 21.7. The number of amides is 2. The van der Waals surface area contributed by atoms with Gasteiger partial charge in [-0.05, 0) is 162 Å². The Balaban J connectivity index is 0.000000940. The van der Waals surface area contributed by atoms with Gasteiger partial charge < -0.3 is 31.7 Å². The van der Waals surface area contributed by atoms with Gasteiger partial charge in [-0.2, -0.15) is 0 Å². The molecule has 4 aliphatic rings. The molecule has 1 aromatic carbocycles. The molecule has 8 nitrogen and oxygen atoms in total. The lowest BCUT2D eigenvalue weighted by Gasteiger charge is -2.58. The molecule has 4 aliphatic carbocycles. The molecule has 0 spiro atoms. The molecule has 0 aromatic heterocycles. The fourth-order valence-corrected chi connectivity index (χ4v) is 11.7. The Labute approximate surface area is 395 Å². The number of ether oxygens (including phenoxy) is 1. The molecule has 0 bridgehead atoms. The molecule has 64 heavy (non-hydrogen) atoms. The smallest absolute Gasteiger partial charge is 0.246 e. The Hall–Kier alpha value is -2.26. The lowest BCUT2D eigenvalue weighted by Crippen LogP contribution is -2.51. The number of hydrogen-bond donors (Lipinski definition) is 4. The minimum Gasteiger partial charge on any atom is -0.368 e. The van der Waals surface area contributed by atoms with Gasteiger partial charge in [-0.25, -0.2) is 0 Å². The molecule has 5 rings (SSSR count). The number of nitrogens with two attached hydrogens (primary N) is 2. The summed E-state index contributed by atoms with van der Waals surface area (Å²) in [6.45, 7) is 29.6. The van der Waals surface area contributed by atoms with E-state index in [0.29, 0.717) is 38.0 Å². The molecule has 0 heterocycles. The number of hydrogen-bond acceptors (Lipinski definition) is 6. The minimum absolute atomic E-state index is 0.0107. The Bertz CT molecular complexity index is 1370. The topological polar surface area (TPSA) is 123 Å². The highest BCUT2D eigenvalue weighted by Crippen LogP contribution is 2.67. The number of carbonyl (C=O) groups excluding carboxylic acids is 2. The highest BCUT2D eigenvalue weighted by Gasteiger charge is 2.59. The average Bonchev–Trinajstić information content (AvgIpc) is 3.63. The summed E-state index contributed by atoms with van der Waals surface area (Å²) in [7, 11) is 0. The fraction of sp³-hybridized carbons (Fsp3) is 0.821. The average molecular weight is 894 g/mol. The lowest BCUT2D eigenvalue weighted by molar-refractivity contribution is -0.138. The molecular weight excluding hydrogens is 791 g/mol. The zero-order valence-corrected chi connectivity index (χ0v) is 43.5. The van der Waals surface area contributed by atoms with Crippen molar-refractivity contribution in [1.29, 1.82) is 0 Å². The van der Waals surface area contributed by atoms with Crippen LogP contribution in [0.5, 0.6) is 0 Å². The third-order valence-corrected chi connectivity index (χ3v) is 15.0. The number of nitrogens with zero attached hydrogens (tertiary/aromatic N) is 1. The summed E-state index contributed by atoms with van der Waals surface area (Å²) in [4.78, 5) is 28.6. The van der Waals surface area contributed by atoms with Gasteiger partial charge in [-0.3, -0.25) is 9.59 Å². The van der Waals surface area contributed by atoms with Crippen molar-refractivity contribution in [3.05, 3.63) is 48.0 Å². The van der Waals surface area contributed by atoms with Crippen molar-refractivity contribution in [3.8, 4) is 0 Å². The normalized spacial score (nSPS) is 26.5. The zero-order valence-electron chi connectivity index (χ0n) is 43.5. The van der Waals surface area contributed by atoms with Crippen molar-refractivity contribution in [2.45, 2.75) is 197 Å². The van der Waals surface area contributed by atoms with Gasteiger partial charge in [0, 0.05) is 13.1 Å². The number of fused-ring (bicyclic) bond motifs is 5. The van der Waals surface area contributed by atoms with E-state index in [1.807, 2.05) is 48.2 Å². The van der Waals surface area contributed by atoms with Gasteiger partial charge in [0.2, 0.25) is 11.8 Å². The largest absolute Gasteiger partial charge is 0.368 e. The maximum absolute atomic E-state index is 13.5. The Kier molecular flexibility index (Phi) is 28.6. The molecule has 6 N–H and O–H groups in total. The van der Waals surface area contributed by atoms with E-state index in [2.05, 4.69) is 85.9 Å². The number of rotatable bonds is 22. The number of unbranched alkanes of at least 4 members (excludes halogenated alkanes) is 1. The van der Waals surface area contributed by atoms with Crippen LogP contribution in [0.25, 0.3) is 0 Å². The van der Waals surface area contributed by atoms with Crippen LogP contribution in [-0.2, 0) is 14.3 Å². The number of allylic oxidation sites excluding steroid dienone is 1. The van der Waals surface area contributed by atoms with Crippen LogP contribution >= 0.6 is 0 Å². The van der Waals surface area contributed by atoms with Crippen LogP contribution in [0.2, 0.25) is 0 Å². The number of nitrogens with one attached hydrogen (secondary N) is 2. The van der Waals surface area contributed by atoms with Gasteiger partial charge in [-0.1, -0.05) is 150 Å².